The van der Waals surface area contributed by atoms with Gasteiger partial charge in [0.2, 0.25) is 11.8 Å². The Hall–Kier alpha value is -2.37. The Morgan fingerprint density at radius 3 is 2.45 bits per heavy atom. The minimum atomic E-state index is -0.184. The third-order valence-electron chi connectivity index (χ3n) is 3.88. The van der Waals surface area contributed by atoms with Crippen molar-refractivity contribution in [1.29, 1.82) is 0 Å². The first-order valence-corrected chi connectivity index (χ1v) is 7.39. The molecule has 0 saturated carbocycles. The third-order valence-corrected chi connectivity index (χ3v) is 3.88. The Balaban J connectivity index is 1.96. The van der Waals surface area contributed by atoms with Gasteiger partial charge in [-0.05, 0) is 37.1 Å². The molecule has 1 heterocycles. The molecule has 0 unspecified atom stereocenters. The molecule has 0 aromatic heterocycles. The number of rotatable bonds is 3. The highest BCUT2D eigenvalue weighted by Crippen LogP contribution is 2.19. The van der Waals surface area contributed by atoms with E-state index in [1.807, 2.05) is 0 Å². The van der Waals surface area contributed by atoms with Crippen molar-refractivity contribution in [3.05, 3.63) is 29.8 Å². The van der Waals surface area contributed by atoms with E-state index in [9.17, 15) is 14.4 Å². The molecule has 22 heavy (non-hydrogen) atoms. The molecule has 1 aliphatic rings. The number of anilines is 1. The number of carbonyl (C=O) groups excluding carboxylic acids is 3. The molecule has 1 saturated heterocycles. The van der Waals surface area contributed by atoms with Crippen LogP contribution in [-0.4, -0.2) is 42.8 Å². The first-order chi connectivity index (χ1) is 10.5. The average molecular weight is 303 g/mol. The zero-order chi connectivity index (χ0) is 16.1. The van der Waals surface area contributed by atoms with Gasteiger partial charge in [-0.15, -0.1) is 0 Å². The molecule has 0 bridgehead atoms. The van der Waals surface area contributed by atoms with Crippen LogP contribution >= 0.6 is 0 Å². The topological polar surface area (TPSA) is 78.5 Å². The van der Waals surface area contributed by atoms with Crippen molar-refractivity contribution in [1.82, 2.24) is 10.2 Å². The van der Waals surface area contributed by atoms with Crippen molar-refractivity contribution in [2.45, 2.75) is 19.8 Å². The van der Waals surface area contributed by atoms with Crippen LogP contribution < -0.4 is 10.6 Å². The van der Waals surface area contributed by atoms with Crippen LogP contribution in [0.4, 0.5) is 5.69 Å². The number of hydrogen-bond acceptors (Lipinski definition) is 3. The Labute approximate surface area is 129 Å². The number of nitrogens with one attached hydrogen (secondary N) is 2. The second kappa shape index (κ2) is 7.06. The molecule has 6 heteroatoms. The lowest BCUT2D eigenvalue weighted by atomic mass is 9.97. The summed E-state index contributed by atoms with van der Waals surface area (Å²) in [6.45, 7) is 2.72. The number of hydrogen-bond donors (Lipinski definition) is 2. The highest BCUT2D eigenvalue weighted by atomic mass is 16.2. The number of nitrogens with zero attached hydrogens (tertiary/aromatic N) is 1. The summed E-state index contributed by atoms with van der Waals surface area (Å²) in [5.41, 5.74) is 1.19. The van der Waals surface area contributed by atoms with E-state index in [4.69, 9.17) is 0 Å². The number of benzene rings is 1. The van der Waals surface area contributed by atoms with Crippen LogP contribution in [0.25, 0.3) is 0 Å². The summed E-state index contributed by atoms with van der Waals surface area (Å²) in [4.78, 5) is 36.9. The molecule has 1 aliphatic heterocycles. The lowest BCUT2D eigenvalue weighted by Gasteiger charge is -2.31. The van der Waals surface area contributed by atoms with Gasteiger partial charge in [0.05, 0.1) is 5.92 Å². The Kier molecular flexibility index (Phi) is 5.14. The summed E-state index contributed by atoms with van der Waals surface area (Å²) in [6.07, 6.45) is 1.62. The van der Waals surface area contributed by atoms with Gasteiger partial charge < -0.3 is 15.5 Å². The largest absolute Gasteiger partial charge is 0.355 e. The van der Waals surface area contributed by atoms with E-state index in [2.05, 4.69) is 10.6 Å². The van der Waals surface area contributed by atoms with Gasteiger partial charge in [-0.1, -0.05) is 0 Å². The average Bonchev–Trinajstić information content (AvgIpc) is 2.54. The number of carbonyl (C=O) groups is 3. The van der Waals surface area contributed by atoms with Crippen LogP contribution in [0, 0.1) is 5.92 Å². The van der Waals surface area contributed by atoms with Crippen LogP contribution in [0.5, 0.6) is 0 Å². The van der Waals surface area contributed by atoms with Gasteiger partial charge in [0.1, 0.15) is 0 Å². The van der Waals surface area contributed by atoms with Crippen molar-refractivity contribution < 1.29 is 14.4 Å². The molecule has 2 rings (SSSR count). The van der Waals surface area contributed by atoms with Gasteiger partial charge in [-0.2, -0.15) is 0 Å². The number of amides is 3. The zero-order valence-corrected chi connectivity index (χ0v) is 12.9. The highest BCUT2D eigenvalue weighted by molar-refractivity contribution is 5.96. The second-order valence-electron chi connectivity index (χ2n) is 5.45. The number of piperidine rings is 1. The minimum absolute atomic E-state index is 0.00688. The monoisotopic (exact) mass is 303 g/mol. The first kappa shape index (κ1) is 16.0. The standard InChI is InChI=1S/C16H21N3O3/c1-11(20)19-9-3-4-13(10-19)16(22)18-14-7-5-12(6-8-14)15(21)17-2/h5-8,13H,3-4,9-10H2,1-2H3,(H,17,21)(H,18,22)/t13-/m0/s1. The van der Waals surface area contributed by atoms with Gasteiger partial charge in [-0.25, -0.2) is 0 Å². The van der Waals surface area contributed by atoms with E-state index in [1.54, 1.807) is 36.2 Å². The Morgan fingerprint density at radius 2 is 1.86 bits per heavy atom. The van der Waals surface area contributed by atoms with Crippen LogP contribution in [0.2, 0.25) is 0 Å². The molecule has 2 N–H and O–H groups in total. The van der Waals surface area contributed by atoms with Gasteiger partial charge in [-0.3, -0.25) is 14.4 Å². The fourth-order valence-corrected chi connectivity index (χ4v) is 2.57. The van der Waals surface area contributed by atoms with E-state index >= 15 is 0 Å². The normalized spacial score (nSPS) is 17.7. The van der Waals surface area contributed by atoms with Crippen LogP contribution in [0.1, 0.15) is 30.1 Å². The van der Waals surface area contributed by atoms with Crippen molar-refractivity contribution in [2.75, 3.05) is 25.5 Å². The lowest BCUT2D eigenvalue weighted by molar-refractivity contribution is -0.132. The highest BCUT2D eigenvalue weighted by Gasteiger charge is 2.26. The SMILES string of the molecule is CNC(=O)c1ccc(NC(=O)[C@H]2CCCN(C(C)=O)C2)cc1. The summed E-state index contributed by atoms with van der Waals surface area (Å²) in [6, 6.07) is 6.73. The van der Waals surface area contributed by atoms with Gasteiger partial charge in [0, 0.05) is 38.3 Å². The predicted octanol–water partition coefficient (Wildman–Crippen LogP) is 1.24. The fourth-order valence-electron chi connectivity index (χ4n) is 2.57. The number of likely N-dealkylation sites (tertiary alicyclic amines) is 1. The molecule has 3 amide bonds. The summed E-state index contributed by atoms with van der Waals surface area (Å²) < 4.78 is 0. The Bertz CT molecular complexity index is 569. The van der Waals surface area contributed by atoms with Crippen molar-refractivity contribution in [3.8, 4) is 0 Å². The Morgan fingerprint density at radius 1 is 1.18 bits per heavy atom. The molecule has 6 nitrogen and oxygen atoms in total. The summed E-state index contributed by atoms with van der Waals surface area (Å²) in [7, 11) is 1.57. The summed E-state index contributed by atoms with van der Waals surface area (Å²) in [5, 5.41) is 5.39. The molecule has 118 valence electrons. The van der Waals surface area contributed by atoms with E-state index in [1.165, 1.54) is 6.92 Å². The molecule has 0 spiro atoms. The minimum Gasteiger partial charge on any atom is -0.355 e. The molecule has 1 atom stereocenters. The quantitative estimate of drug-likeness (QED) is 0.882. The van der Waals surface area contributed by atoms with E-state index in [0.717, 1.165) is 19.4 Å². The van der Waals surface area contributed by atoms with Crippen LogP contribution in [0.15, 0.2) is 24.3 Å². The molecule has 1 fully saturated rings. The third kappa shape index (κ3) is 3.84. The first-order valence-electron chi connectivity index (χ1n) is 7.39. The maximum atomic E-state index is 12.3. The molecule has 0 aliphatic carbocycles. The fraction of sp³-hybridized carbons (Fsp3) is 0.438. The van der Waals surface area contributed by atoms with Gasteiger partial charge >= 0.3 is 0 Å². The van der Waals surface area contributed by atoms with E-state index in [0.29, 0.717) is 17.8 Å². The van der Waals surface area contributed by atoms with Gasteiger partial charge in [0.25, 0.3) is 5.91 Å². The van der Waals surface area contributed by atoms with Crippen molar-refractivity contribution >= 4 is 23.4 Å². The zero-order valence-electron chi connectivity index (χ0n) is 12.9. The molecular formula is C16H21N3O3. The van der Waals surface area contributed by atoms with Gasteiger partial charge in [0.15, 0.2) is 0 Å². The predicted molar refractivity (Wildman–Crippen MR) is 83.4 cm³/mol. The molecular weight excluding hydrogens is 282 g/mol. The van der Waals surface area contributed by atoms with E-state index < -0.39 is 0 Å². The molecule has 1 aromatic carbocycles. The smallest absolute Gasteiger partial charge is 0.251 e. The molecule has 0 radical (unpaired) electrons. The van der Waals surface area contributed by atoms with Crippen LogP contribution in [-0.2, 0) is 9.59 Å². The maximum Gasteiger partial charge on any atom is 0.251 e. The summed E-state index contributed by atoms with van der Waals surface area (Å²) in [5.74, 6) is -0.426. The van der Waals surface area contributed by atoms with E-state index in [-0.39, 0.29) is 23.6 Å². The van der Waals surface area contributed by atoms with Crippen molar-refractivity contribution in [2.24, 2.45) is 5.92 Å². The van der Waals surface area contributed by atoms with Crippen molar-refractivity contribution in [3.63, 3.8) is 0 Å². The second-order valence-corrected chi connectivity index (χ2v) is 5.45. The maximum absolute atomic E-state index is 12.3. The molecule has 1 aromatic rings. The lowest BCUT2D eigenvalue weighted by Crippen LogP contribution is -2.42. The summed E-state index contributed by atoms with van der Waals surface area (Å²) >= 11 is 0. The van der Waals surface area contributed by atoms with Crippen LogP contribution in [0.3, 0.4) is 0 Å².